The first-order chi connectivity index (χ1) is 12.1. The van der Waals surface area contributed by atoms with Crippen molar-refractivity contribution in [2.45, 2.75) is 39.8 Å². The zero-order chi connectivity index (χ0) is 19.9. The van der Waals surface area contributed by atoms with Crippen LogP contribution in [0.3, 0.4) is 0 Å². The molecule has 0 radical (unpaired) electrons. The summed E-state index contributed by atoms with van der Waals surface area (Å²) in [6.07, 6.45) is 0. The molecule has 1 rings (SSSR count). The van der Waals surface area contributed by atoms with E-state index in [9.17, 15) is 14.0 Å². The van der Waals surface area contributed by atoms with Gasteiger partial charge in [0.05, 0.1) is 14.2 Å². The van der Waals surface area contributed by atoms with Gasteiger partial charge in [-0.05, 0) is 45.4 Å². The van der Waals surface area contributed by atoms with Gasteiger partial charge in [-0.1, -0.05) is 6.07 Å². The molecule has 26 heavy (non-hydrogen) atoms. The number of nitrogens with one attached hydrogen (secondary N) is 2. The Hall–Kier alpha value is -2.15. The Morgan fingerprint density at radius 1 is 1.27 bits per heavy atom. The lowest BCUT2D eigenvalue weighted by atomic mass is 10.1. The van der Waals surface area contributed by atoms with Crippen LogP contribution in [0.4, 0.5) is 4.39 Å². The van der Waals surface area contributed by atoms with Gasteiger partial charge in [0.15, 0.2) is 24.7 Å². The molecular formula is C19H31FN3O3+. The van der Waals surface area contributed by atoms with Crippen LogP contribution in [0.25, 0.3) is 0 Å². The number of benzene rings is 1. The van der Waals surface area contributed by atoms with Crippen LogP contribution in [-0.4, -0.2) is 56.0 Å². The largest absolute Gasteiger partial charge is 0.494 e. The predicted molar refractivity (Wildman–Crippen MR) is 98.6 cm³/mol. The van der Waals surface area contributed by atoms with Crippen molar-refractivity contribution >= 4 is 11.8 Å². The van der Waals surface area contributed by atoms with Gasteiger partial charge in [0.1, 0.15) is 0 Å². The fourth-order valence-electron chi connectivity index (χ4n) is 2.57. The van der Waals surface area contributed by atoms with E-state index in [1.165, 1.54) is 13.2 Å². The van der Waals surface area contributed by atoms with E-state index in [4.69, 9.17) is 4.74 Å². The number of hydrogen-bond acceptors (Lipinski definition) is 3. The molecule has 1 aromatic rings. The van der Waals surface area contributed by atoms with Crippen LogP contribution in [0.1, 0.15) is 33.3 Å². The molecule has 0 aliphatic rings. The van der Waals surface area contributed by atoms with Crippen LogP contribution in [0.2, 0.25) is 0 Å². The lowest BCUT2D eigenvalue weighted by Crippen LogP contribution is -3.11. The van der Waals surface area contributed by atoms with Crippen molar-refractivity contribution in [3.63, 3.8) is 0 Å². The summed E-state index contributed by atoms with van der Waals surface area (Å²) < 4.78 is 18.7. The van der Waals surface area contributed by atoms with Gasteiger partial charge in [0.2, 0.25) is 0 Å². The van der Waals surface area contributed by atoms with Gasteiger partial charge >= 0.3 is 0 Å². The number of amides is 2. The Labute approximate surface area is 155 Å². The summed E-state index contributed by atoms with van der Waals surface area (Å²) in [6, 6.07) is 4.67. The highest BCUT2D eigenvalue weighted by atomic mass is 19.1. The van der Waals surface area contributed by atoms with Crippen molar-refractivity contribution in [3.8, 4) is 5.75 Å². The first-order valence-corrected chi connectivity index (χ1v) is 8.78. The quantitative estimate of drug-likeness (QED) is 0.707. The number of ether oxygens (including phenoxy) is 1. The second-order valence-corrected chi connectivity index (χ2v) is 7.49. The Morgan fingerprint density at radius 2 is 1.92 bits per heavy atom. The van der Waals surface area contributed by atoms with Crippen molar-refractivity contribution in [1.29, 1.82) is 0 Å². The zero-order valence-electron chi connectivity index (χ0n) is 16.6. The minimum Gasteiger partial charge on any atom is -0.494 e. The van der Waals surface area contributed by atoms with Crippen LogP contribution in [0, 0.1) is 5.82 Å². The average molecular weight is 368 g/mol. The van der Waals surface area contributed by atoms with Crippen molar-refractivity contribution in [3.05, 3.63) is 29.6 Å². The molecule has 0 saturated heterocycles. The van der Waals surface area contributed by atoms with E-state index in [0.29, 0.717) is 18.7 Å². The van der Waals surface area contributed by atoms with Crippen LogP contribution >= 0.6 is 0 Å². The number of likely N-dealkylation sites (N-methyl/N-ethyl adjacent to an activating group) is 2. The lowest BCUT2D eigenvalue weighted by Gasteiger charge is -2.24. The van der Waals surface area contributed by atoms with Crippen molar-refractivity contribution in [2.24, 2.45) is 0 Å². The maximum absolute atomic E-state index is 13.8. The van der Waals surface area contributed by atoms with Crippen LogP contribution in [-0.2, 0) is 16.1 Å². The van der Waals surface area contributed by atoms with Crippen LogP contribution in [0.5, 0.6) is 5.75 Å². The fourth-order valence-corrected chi connectivity index (χ4v) is 2.57. The van der Waals surface area contributed by atoms with E-state index >= 15 is 0 Å². The number of halogens is 1. The lowest BCUT2D eigenvalue weighted by molar-refractivity contribution is -0.863. The monoisotopic (exact) mass is 368 g/mol. The molecule has 1 unspecified atom stereocenters. The summed E-state index contributed by atoms with van der Waals surface area (Å²) in [7, 11) is 3.22. The van der Waals surface area contributed by atoms with E-state index in [0.717, 1.165) is 4.90 Å². The van der Waals surface area contributed by atoms with Crippen molar-refractivity contribution in [1.82, 2.24) is 10.2 Å². The SMILES string of the molecule is CCN(Cc1ccc(OC)c(F)c1)C(=O)C[NH+](C)CC(=O)NC(C)(C)C. The van der Waals surface area contributed by atoms with Crippen LogP contribution in [0.15, 0.2) is 18.2 Å². The molecule has 0 saturated carbocycles. The van der Waals surface area contributed by atoms with E-state index in [1.807, 2.05) is 27.7 Å². The van der Waals surface area contributed by atoms with E-state index < -0.39 is 5.82 Å². The third kappa shape index (κ3) is 7.39. The summed E-state index contributed by atoms with van der Waals surface area (Å²) in [5.74, 6) is -0.444. The minimum atomic E-state index is -0.449. The molecule has 0 aromatic heterocycles. The highest BCUT2D eigenvalue weighted by Crippen LogP contribution is 2.18. The van der Waals surface area contributed by atoms with E-state index in [2.05, 4.69) is 5.32 Å². The maximum Gasteiger partial charge on any atom is 0.278 e. The minimum absolute atomic E-state index is 0.0789. The summed E-state index contributed by atoms with van der Waals surface area (Å²) in [5, 5.41) is 2.89. The van der Waals surface area contributed by atoms with Gasteiger partial charge in [-0.25, -0.2) is 4.39 Å². The molecular weight excluding hydrogens is 337 g/mol. The Morgan fingerprint density at radius 3 is 2.42 bits per heavy atom. The number of hydrogen-bond donors (Lipinski definition) is 2. The second kappa shape index (κ2) is 9.52. The number of methoxy groups -OCH3 is 1. The predicted octanol–water partition coefficient (Wildman–Crippen LogP) is 0.612. The Balaban J connectivity index is 2.62. The Kier molecular flexibility index (Phi) is 8.02. The number of nitrogens with zero attached hydrogens (tertiary/aromatic N) is 1. The molecule has 6 nitrogen and oxygen atoms in total. The molecule has 0 aliphatic carbocycles. The molecule has 0 fully saturated rings. The standard InChI is InChI=1S/C19H30FN3O3/c1-7-23(11-14-8-9-16(26-6)15(20)10-14)18(25)13-22(5)12-17(24)21-19(2,3)4/h8-10H,7,11-13H2,1-6H3,(H,21,24)/p+1. The van der Waals surface area contributed by atoms with Crippen LogP contribution < -0.4 is 15.0 Å². The molecule has 1 atom stereocenters. The summed E-state index contributed by atoms with van der Waals surface area (Å²) >= 11 is 0. The number of rotatable bonds is 8. The van der Waals surface area contributed by atoms with Gasteiger partial charge in [0.25, 0.3) is 11.8 Å². The third-order valence-electron chi connectivity index (χ3n) is 3.75. The third-order valence-corrected chi connectivity index (χ3v) is 3.75. The van der Waals surface area contributed by atoms with Gasteiger partial charge in [-0.2, -0.15) is 0 Å². The molecule has 0 spiro atoms. The van der Waals surface area contributed by atoms with Gasteiger partial charge in [0, 0.05) is 18.6 Å². The van der Waals surface area contributed by atoms with E-state index in [-0.39, 0.29) is 36.2 Å². The summed E-state index contributed by atoms with van der Waals surface area (Å²) in [6.45, 7) is 8.86. The zero-order valence-corrected chi connectivity index (χ0v) is 16.6. The number of quaternary nitrogens is 1. The highest BCUT2D eigenvalue weighted by Gasteiger charge is 2.21. The number of carbonyl (C=O) groups excluding carboxylic acids is 2. The topological polar surface area (TPSA) is 63.1 Å². The summed E-state index contributed by atoms with van der Waals surface area (Å²) in [5.41, 5.74) is 0.400. The molecule has 0 bridgehead atoms. The normalized spacial score (nSPS) is 12.4. The number of carbonyl (C=O) groups is 2. The second-order valence-electron chi connectivity index (χ2n) is 7.49. The van der Waals surface area contributed by atoms with Crippen molar-refractivity contribution < 1.29 is 23.6 Å². The molecule has 0 heterocycles. The maximum atomic E-state index is 13.8. The summed E-state index contributed by atoms with van der Waals surface area (Å²) in [4.78, 5) is 26.9. The highest BCUT2D eigenvalue weighted by molar-refractivity contribution is 5.79. The first kappa shape index (κ1) is 21.9. The van der Waals surface area contributed by atoms with E-state index in [1.54, 1.807) is 24.1 Å². The first-order valence-electron chi connectivity index (χ1n) is 8.78. The van der Waals surface area contributed by atoms with Gasteiger partial charge < -0.3 is 19.9 Å². The molecule has 2 N–H and O–H groups in total. The molecule has 1 aromatic carbocycles. The molecule has 146 valence electrons. The Bertz CT molecular complexity index is 629. The molecule has 7 heteroatoms. The molecule has 2 amide bonds. The molecule has 0 aliphatic heterocycles. The van der Waals surface area contributed by atoms with Gasteiger partial charge in [-0.15, -0.1) is 0 Å². The van der Waals surface area contributed by atoms with Gasteiger partial charge in [-0.3, -0.25) is 9.59 Å². The smallest absolute Gasteiger partial charge is 0.278 e. The van der Waals surface area contributed by atoms with Crippen molar-refractivity contribution in [2.75, 3.05) is 33.8 Å². The fraction of sp³-hybridized carbons (Fsp3) is 0.579. The average Bonchev–Trinajstić information content (AvgIpc) is 2.50.